The van der Waals surface area contributed by atoms with Crippen molar-refractivity contribution in [1.29, 1.82) is 0 Å². The Morgan fingerprint density at radius 3 is 2.62 bits per heavy atom. The average molecular weight is 289 g/mol. The molecule has 0 unspecified atom stereocenters. The number of hydrogen-bond donors (Lipinski definition) is 1. The molecule has 0 saturated heterocycles. The normalized spacial score (nSPS) is 11.5. The number of aromatic nitrogens is 4. The fourth-order valence-electron chi connectivity index (χ4n) is 2.43. The second kappa shape index (κ2) is 6.89. The first-order chi connectivity index (χ1) is 10.0. The Bertz CT molecular complexity index is 580. The van der Waals surface area contributed by atoms with Gasteiger partial charge in [0.25, 0.3) is 0 Å². The first-order valence-corrected chi connectivity index (χ1v) is 7.85. The van der Waals surface area contributed by atoms with Crippen molar-refractivity contribution in [3.8, 4) is 0 Å². The fraction of sp³-hybridized carbons (Fsp3) is 0.625. The molecule has 1 N–H and O–H groups in total. The highest BCUT2D eigenvalue weighted by molar-refractivity contribution is 5.14. The third-order valence-electron chi connectivity index (χ3n) is 3.72. The fourth-order valence-corrected chi connectivity index (χ4v) is 2.43. The molecule has 2 heterocycles. The van der Waals surface area contributed by atoms with Crippen molar-refractivity contribution >= 4 is 0 Å². The van der Waals surface area contributed by atoms with Crippen LogP contribution in [0.4, 0.5) is 0 Å². The van der Waals surface area contributed by atoms with Gasteiger partial charge in [0.15, 0.2) is 0 Å². The lowest BCUT2D eigenvalue weighted by atomic mass is 10.3. The van der Waals surface area contributed by atoms with Crippen molar-refractivity contribution in [1.82, 2.24) is 24.6 Å². The Balaban J connectivity index is 2.22. The van der Waals surface area contributed by atoms with Crippen molar-refractivity contribution in [2.24, 2.45) is 0 Å². The molecule has 0 bridgehead atoms. The summed E-state index contributed by atoms with van der Waals surface area (Å²) in [5.41, 5.74) is 3.64. The second-order valence-corrected chi connectivity index (χ2v) is 5.71. The molecule has 21 heavy (non-hydrogen) atoms. The average Bonchev–Trinajstić information content (AvgIpc) is 3.02. The largest absolute Gasteiger partial charge is 0.325 e. The van der Waals surface area contributed by atoms with Crippen molar-refractivity contribution in [2.75, 3.05) is 0 Å². The van der Waals surface area contributed by atoms with Gasteiger partial charge in [-0.3, -0.25) is 4.68 Å². The Labute approximate surface area is 127 Å². The molecule has 0 aliphatic rings. The van der Waals surface area contributed by atoms with Crippen molar-refractivity contribution in [3.05, 3.63) is 35.2 Å². The van der Waals surface area contributed by atoms with E-state index in [0.717, 1.165) is 37.6 Å². The second-order valence-electron chi connectivity index (χ2n) is 5.71. The zero-order valence-electron chi connectivity index (χ0n) is 13.8. The van der Waals surface area contributed by atoms with E-state index in [1.54, 1.807) is 0 Å². The highest BCUT2D eigenvalue weighted by atomic mass is 15.3. The van der Waals surface area contributed by atoms with E-state index in [9.17, 15) is 0 Å². The molecule has 0 spiro atoms. The zero-order valence-corrected chi connectivity index (χ0v) is 13.8. The van der Waals surface area contributed by atoms with Crippen LogP contribution in [-0.4, -0.2) is 25.4 Å². The molecular weight excluding hydrogens is 262 g/mol. The smallest absolute Gasteiger partial charge is 0.106 e. The van der Waals surface area contributed by atoms with Crippen LogP contribution < -0.4 is 5.32 Å². The van der Waals surface area contributed by atoms with Gasteiger partial charge in [-0.25, -0.2) is 4.98 Å². The summed E-state index contributed by atoms with van der Waals surface area (Å²) < 4.78 is 4.37. The minimum atomic E-state index is 0.474. The van der Waals surface area contributed by atoms with Crippen molar-refractivity contribution in [3.63, 3.8) is 0 Å². The lowest BCUT2D eigenvalue weighted by molar-refractivity contribution is 0.546. The van der Waals surface area contributed by atoms with Gasteiger partial charge in [0, 0.05) is 25.3 Å². The van der Waals surface area contributed by atoms with E-state index in [2.05, 4.69) is 65.3 Å². The predicted molar refractivity (Wildman–Crippen MR) is 85.3 cm³/mol. The molecule has 0 saturated carbocycles. The highest BCUT2D eigenvalue weighted by Crippen LogP contribution is 2.12. The van der Waals surface area contributed by atoms with Crippen LogP contribution in [0.5, 0.6) is 0 Å². The molecule has 5 heteroatoms. The van der Waals surface area contributed by atoms with E-state index < -0.39 is 0 Å². The van der Waals surface area contributed by atoms with E-state index in [1.165, 1.54) is 11.4 Å². The number of nitrogens with zero attached hydrogens (tertiary/aromatic N) is 4. The first kappa shape index (κ1) is 15.8. The van der Waals surface area contributed by atoms with Crippen LogP contribution in [0.3, 0.4) is 0 Å². The molecule has 0 aliphatic heterocycles. The third kappa shape index (κ3) is 3.73. The van der Waals surface area contributed by atoms with Crippen molar-refractivity contribution < 1.29 is 0 Å². The Morgan fingerprint density at radius 1 is 1.24 bits per heavy atom. The van der Waals surface area contributed by atoms with Crippen LogP contribution in [0.2, 0.25) is 0 Å². The minimum Gasteiger partial charge on any atom is -0.325 e. The minimum absolute atomic E-state index is 0.474. The predicted octanol–water partition coefficient (Wildman–Crippen LogP) is 2.52. The van der Waals surface area contributed by atoms with E-state index in [0.29, 0.717) is 6.04 Å². The molecule has 0 aromatic carbocycles. The standard InChI is InChI=1S/C16H27N5/c1-6-14-8-15(21(7-2)19-14)11-20-13(5)18-10-16(20)9-17-12(3)4/h8,10,12,17H,6-7,9,11H2,1-5H3. The molecule has 0 aliphatic carbocycles. The summed E-state index contributed by atoms with van der Waals surface area (Å²) in [7, 11) is 0. The SMILES string of the molecule is CCc1cc(Cn2c(CNC(C)C)cnc2C)n(CC)n1. The van der Waals surface area contributed by atoms with Crippen LogP contribution >= 0.6 is 0 Å². The van der Waals surface area contributed by atoms with Gasteiger partial charge >= 0.3 is 0 Å². The summed E-state index contributed by atoms with van der Waals surface area (Å²) in [5.74, 6) is 1.05. The first-order valence-electron chi connectivity index (χ1n) is 7.85. The van der Waals surface area contributed by atoms with Crippen LogP contribution in [-0.2, 0) is 26.1 Å². The van der Waals surface area contributed by atoms with Gasteiger partial charge in [0.2, 0.25) is 0 Å². The van der Waals surface area contributed by atoms with Crippen LogP contribution in [0.15, 0.2) is 12.3 Å². The lowest BCUT2D eigenvalue weighted by Gasteiger charge is -2.13. The maximum atomic E-state index is 4.63. The van der Waals surface area contributed by atoms with Gasteiger partial charge in [-0.1, -0.05) is 20.8 Å². The summed E-state index contributed by atoms with van der Waals surface area (Å²) in [5, 5.41) is 8.09. The molecule has 0 radical (unpaired) electrons. The highest BCUT2D eigenvalue weighted by Gasteiger charge is 2.11. The molecule has 2 aromatic rings. The maximum Gasteiger partial charge on any atom is 0.106 e. The summed E-state index contributed by atoms with van der Waals surface area (Å²) in [6.07, 6.45) is 2.95. The van der Waals surface area contributed by atoms with Gasteiger partial charge in [-0.2, -0.15) is 5.10 Å². The van der Waals surface area contributed by atoms with Crippen molar-refractivity contribution in [2.45, 2.75) is 66.7 Å². The van der Waals surface area contributed by atoms with Gasteiger partial charge in [-0.05, 0) is 26.3 Å². The monoisotopic (exact) mass is 289 g/mol. The van der Waals surface area contributed by atoms with E-state index >= 15 is 0 Å². The number of hydrogen-bond acceptors (Lipinski definition) is 3. The summed E-state index contributed by atoms with van der Waals surface area (Å²) in [6.45, 7) is 13.3. The Hall–Kier alpha value is -1.62. The summed E-state index contributed by atoms with van der Waals surface area (Å²) in [4.78, 5) is 4.47. The number of aryl methyl sites for hydroxylation is 3. The maximum absolute atomic E-state index is 4.63. The molecule has 0 amide bonds. The molecular formula is C16H27N5. The van der Waals surface area contributed by atoms with Gasteiger partial charge in [0.05, 0.1) is 23.6 Å². The quantitative estimate of drug-likeness (QED) is 0.852. The molecule has 116 valence electrons. The van der Waals surface area contributed by atoms with E-state index in [-0.39, 0.29) is 0 Å². The number of nitrogens with one attached hydrogen (secondary N) is 1. The summed E-state index contributed by atoms with van der Waals surface area (Å²) >= 11 is 0. The topological polar surface area (TPSA) is 47.7 Å². The molecule has 2 rings (SSSR count). The van der Waals surface area contributed by atoms with Crippen LogP contribution in [0.1, 0.15) is 50.6 Å². The van der Waals surface area contributed by atoms with Gasteiger partial charge < -0.3 is 9.88 Å². The number of rotatable bonds is 7. The lowest BCUT2D eigenvalue weighted by Crippen LogP contribution is -2.24. The molecule has 0 atom stereocenters. The molecule has 2 aromatic heterocycles. The summed E-state index contributed by atoms with van der Waals surface area (Å²) in [6, 6.07) is 2.68. The molecule has 5 nitrogen and oxygen atoms in total. The Morgan fingerprint density at radius 2 is 2.00 bits per heavy atom. The zero-order chi connectivity index (χ0) is 15.4. The van der Waals surface area contributed by atoms with Gasteiger partial charge in [0.1, 0.15) is 5.82 Å². The third-order valence-corrected chi connectivity index (χ3v) is 3.72. The van der Waals surface area contributed by atoms with Crippen LogP contribution in [0.25, 0.3) is 0 Å². The van der Waals surface area contributed by atoms with Crippen LogP contribution in [0, 0.1) is 6.92 Å². The van der Waals surface area contributed by atoms with E-state index in [1.807, 2.05) is 6.20 Å². The molecule has 0 fully saturated rings. The Kier molecular flexibility index (Phi) is 5.17. The van der Waals surface area contributed by atoms with Gasteiger partial charge in [-0.15, -0.1) is 0 Å². The number of imidazole rings is 1. The van der Waals surface area contributed by atoms with E-state index in [4.69, 9.17) is 0 Å².